The first-order valence-electron chi connectivity index (χ1n) is 6.67. The van der Waals surface area contributed by atoms with Gasteiger partial charge in [-0.25, -0.2) is 0 Å². The van der Waals surface area contributed by atoms with Crippen molar-refractivity contribution >= 4 is 5.91 Å². The standard InChI is InChI=1S/C16H22N2O/c1-13(2)9-10-16(19)18-12-15-7-4-3-6-14(15)8-5-11-17/h3-4,6-7,13H,9-12,17H2,1-2H3,(H,18,19). The van der Waals surface area contributed by atoms with E-state index in [1.807, 2.05) is 24.3 Å². The molecule has 0 saturated carbocycles. The first-order chi connectivity index (χ1) is 9.13. The molecule has 0 saturated heterocycles. The Labute approximate surface area is 115 Å². The highest BCUT2D eigenvalue weighted by atomic mass is 16.1. The number of hydrogen-bond acceptors (Lipinski definition) is 2. The van der Waals surface area contributed by atoms with Gasteiger partial charge in [-0.3, -0.25) is 4.79 Å². The molecule has 1 amide bonds. The van der Waals surface area contributed by atoms with Gasteiger partial charge in [-0.1, -0.05) is 43.9 Å². The van der Waals surface area contributed by atoms with Gasteiger partial charge in [0.1, 0.15) is 0 Å². The van der Waals surface area contributed by atoms with Crippen LogP contribution in [-0.4, -0.2) is 12.5 Å². The number of benzene rings is 1. The minimum absolute atomic E-state index is 0.0929. The fourth-order valence-electron chi connectivity index (χ4n) is 1.64. The fraction of sp³-hybridized carbons (Fsp3) is 0.438. The summed E-state index contributed by atoms with van der Waals surface area (Å²) in [5.41, 5.74) is 7.33. The molecule has 3 nitrogen and oxygen atoms in total. The molecule has 19 heavy (non-hydrogen) atoms. The zero-order valence-electron chi connectivity index (χ0n) is 11.7. The van der Waals surface area contributed by atoms with Gasteiger partial charge in [0.25, 0.3) is 0 Å². The fourth-order valence-corrected chi connectivity index (χ4v) is 1.64. The molecule has 3 heteroatoms. The van der Waals surface area contributed by atoms with Crippen LogP contribution in [0.2, 0.25) is 0 Å². The van der Waals surface area contributed by atoms with Crippen molar-refractivity contribution in [3.05, 3.63) is 35.4 Å². The second kappa shape index (κ2) is 8.34. The summed E-state index contributed by atoms with van der Waals surface area (Å²) in [7, 11) is 0. The number of nitrogens with two attached hydrogens (primary N) is 1. The average Bonchev–Trinajstić information content (AvgIpc) is 2.41. The second-order valence-electron chi connectivity index (χ2n) is 4.87. The Kier molecular flexibility index (Phi) is 6.70. The molecule has 0 spiro atoms. The lowest BCUT2D eigenvalue weighted by molar-refractivity contribution is -0.121. The molecule has 0 heterocycles. The summed E-state index contributed by atoms with van der Waals surface area (Å²) < 4.78 is 0. The van der Waals surface area contributed by atoms with Gasteiger partial charge in [0.05, 0.1) is 6.54 Å². The monoisotopic (exact) mass is 258 g/mol. The van der Waals surface area contributed by atoms with E-state index in [9.17, 15) is 4.79 Å². The highest BCUT2D eigenvalue weighted by molar-refractivity contribution is 5.75. The first kappa shape index (κ1) is 15.3. The predicted molar refractivity (Wildman–Crippen MR) is 78.3 cm³/mol. The summed E-state index contributed by atoms with van der Waals surface area (Å²) in [6.07, 6.45) is 1.49. The van der Waals surface area contributed by atoms with Crippen molar-refractivity contribution in [2.75, 3.05) is 6.54 Å². The van der Waals surface area contributed by atoms with Gasteiger partial charge in [-0.2, -0.15) is 0 Å². The van der Waals surface area contributed by atoms with Crippen LogP contribution < -0.4 is 11.1 Å². The van der Waals surface area contributed by atoms with Crippen LogP contribution in [0.15, 0.2) is 24.3 Å². The maximum Gasteiger partial charge on any atom is 0.220 e. The number of carbonyl (C=O) groups excluding carboxylic acids is 1. The molecule has 0 aliphatic carbocycles. The molecule has 0 radical (unpaired) electrons. The number of carbonyl (C=O) groups is 1. The van der Waals surface area contributed by atoms with E-state index in [0.29, 0.717) is 25.4 Å². The highest BCUT2D eigenvalue weighted by Gasteiger charge is 2.04. The Morgan fingerprint density at radius 3 is 2.79 bits per heavy atom. The summed E-state index contributed by atoms with van der Waals surface area (Å²) in [5, 5.41) is 2.93. The summed E-state index contributed by atoms with van der Waals surface area (Å²) >= 11 is 0. The Morgan fingerprint density at radius 2 is 2.11 bits per heavy atom. The van der Waals surface area contributed by atoms with E-state index < -0.39 is 0 Å². The van der Waals surface area contributed by atoms with Gasteiger partial charge in [-0.05, 0) is 24.0 Å². The normalized spacial score (nSPS) is 9.89. The number of nitrogens with one attached hydrogen (secondary N) is 1. The van der Waals surface area contributed by atoms with Gasteiger partial charge in [0.15, 0.2) is 0 Å². The third-order valence-electron chi connectivity index (χ3n) is 2.77. The van der Waals surface area contributed by atoms with E-state index in [2.05, 4.69) is 31.0 Å². The first-order valence-corrected chi connectivity index (χ1v) is 6.67. The SMILES string of the molecule is CC(C)CCC(=O)NCc1ccccc1C#CCN. The zero-order valence-corrected chi connectivity index (χ0v) is 11.7. The van der Waals surface area contributed by atoms with Crippen molar-refractivity contribution in [1.82, 2.24) is 5.32 Å². The van der Waals surface area contributed by atoms with Crippen molar-refractivity contribution in [2.24, 2.45) is 11.7 Å². The zero-order chi connectivity index (χ0) is 14.1. The summed E-state index contributed by atoms with van der Waals surface area (Å²) in [6.45, 7) is 5.09. The maximum atomic E-state index is 11.7. The van der Waals surface area contributed by atoms with Crippen LogP contribution in [0.1, 0.15) is 37.8 Å². The van der Waals surface area contributed by atoms with Crippen molar-refractivity contribution in [2.45, 2.75) is 33.2 Å². The van der Waals surface area contributed by atoms with Gasteiger partial charge in [-0.15, -0.1) is 0 Å². The van der Waals surface area contributed by atoms with Crippen molar-refractivity contribution < 1.29 is 4.79 Å². The second-order valence-corrected chi connectivity index (χ2v) is 4.87. The summed E-state index contributed by atoms with van der Waals surface area (Å²) in [6, 6.07) is 7.80. The lowest BCUT2D eigenvalue weighted by Crippen LogP contribution is -2.23. The van der Waals surface area contributed by atoms with Crippen molar-refractivity contribution in [3.8, 4) is 11.8 Å². The molecule has 1 rings (SSSR count). The quantitative estimate of drug-likeness (QED) is 0.794. The van der Waals surface area contributed by atoms with Gasteiger partial charge >= 0.3 is 0 Å². The van der Waals surface area contributed by atoms with Crippen molar-refractivity contribution in [3.63, 3.8) is 0 Å². The molecule has 1 aromatic carbocycles. The molecule has 102 valence electrons. The van der Waals surface area contributed by atoms with E-state index in [-0.39, 0.29) is 5.91 Å². The predicted octanol–water partition coefficient (Wildman–Crippen LogP) is 2.05. The molecule has 0 fully saturated rings. The van der Waals surface area contributed by atoms with Crippen LogP contribution in [0, 0.1) is 17.8 Å². The topological polar surface area (TPSA) is 55.1 Å². The van der Waals surface area contributed by atoms with Gasteiger partial charge in [0.2, 0.25) is 5.91 Å². The van der Waals surface area contributed by atoms with E-state index >= 15 is 0 Å². The van der Waals surface area contributed by atoms with Crippen LogP contribution in [-0.2, 0) is 11.3 Å². The average molecular weight is 258 g/mol. The Balaban J connectivity index is 2.55. The van der Waals surface area contributed by atoms with Gasteiger partial charge < -0.3 is 11.1 Å². The third-order valence-corrected chi connectivity index (χ3v) is 2.77. The molecule has 3 N–H and O–H groups in total. The molecule has 0 bridgehead atoms. The molecule has 0 aliphatic rings. The van der Waals surface area contributed by atoms with E-state index in [0.717, 1.165) is 17.5 Å². The third kappa shape index (κ3) is 6.08. The summed E-state index contributed by atoms with van der Waals surface area (Å²) in [5.74, 6) is 6.50. The molecule has 0 aromatic heterocycles. The Morgan fingerprint density at radius 1 is 1.37 bits per heavy atom. The molecule has 0 atom stereocenters. The lowest BCUT2D eigenvalue weighted by Gasteiger charge is -2.08. The van der Waals surface area contributed by atoms with E-state index in [4.69, 9.17) is 5.73 Å². The van der Waals surface area contributed by atoms with E-state index in [1.165, 1.54) is 0 Å². The Hall–Kier alpha value is -1.79. The minimum atomic E-state index is 0.0929. The highest BCUT2D eigenvalue weighted by Crippen LogP contribution is 2.08. The Bertz CT molecular complexity index is 469. The van der Waals surface area contributed by atoms with Crippen molar-refractivity contribution in [1.29, 1.82) is 0 Å². The van der Waals surface area contributed by atoms with Gasteiger partial charge in [0, 0.05) is 18.5 Å². The van der Waals surface area contributed by atoms with Crippen LogP contribution >= 0.6 is 0 Å². The molecule has 1 aromatic rings. The largest absolute Gasteiger partial charge is 0.352 e. The van der Waals surface area contributed by atoms with E-state index in [1.54, 1.807) is 0 Å². The summed E-state index contributed by atoms with van der Waals surface area (Å²) in [4.78, 5) is 11.7. The molecule has 0 unspecified atom stereocenters. The van der Waals surface area contributed by atoms with Crippen LogP contribution in [0.3, 0.4) is 0 Å². The molecular formula is C16H22N2O. The van der Waals surface area contributed by atoms with Crippen LogP contribution in [0.4, 0.5) is 0 Å². The number of amides is 1. The minimum Gasteiger partial charge on any atom is -0.352 e. The molecule has 0 aliphatic heterocycles. The number of hydrogen-bond donors (Lipinski definition) is 2. The van der Waals surface area contributed by atoms with Crippen LogP contribution in [0.5, 0.6) is 0 Å². The number of rotatable bonds is 5. The maximum absolute atomic E-state index is 11.7. The molecular weight excluding hydrogens is 236 g/mol. The smallest absolute Gasteiger partial charge is 0.220 e. The van der Waals surface area contributed by atoms with Crippen LogP contribution in [0.25, 0.3) is 0 Å². The lowest BCUT2D eigenvalue weighted by atomic mass is 10.1.